The van der Waals surface area contributed by atoms with Gasteiger partial charge in [0.2, 0.25) is 5.91 Å². The number of carbonyl (C=O) groups is 2. The Balaban J connectivity index is 1.63. The molecule has 0 radical (unpaired) electrons. The molecule has 5 heteroatoms. The van der Waals surface area contributed by atoms with E-state index in [-0.39, 0.29) is 17.7 Å². The number of amides is 2. The number of carbonyl (C=O) groups excluding carboxylic acids is 2. The number of anilines is 1. The third-order valence-electron chi connectivity index (χ3n) is 5.36. The first-order chi connectivity index (χ1) is 12.1. The van der Waals surface area contributed by atoms with Gasteiger partial charge in [-0.2, -0.15) is 0 Å². The minimum atomic E-state index is -0.0307. The number of hydrogen-bond donors (Lipinski definition) is 0. The van der Waals surface area contributed by atoms with Crippen LogP contribution >= 0.6 is 0 Å². The summed E-state index contributed by atoms with van der Waals surface area (Å²) in [5.74, 6) is 0.262. The zero-order valence-electron chi connectivity index (χ0n) is 15.4. The molecule has 0 aromatic heterocycles. The van der Waals surface area contributed by atoms with Crippen LogP contribution in [0.2, 0.25) is 0 Å². The number of hydrogen-bond acceptors (Lipinski definition) is 3. The van der Waals surface area contributed by atoms with E-state index in [0.717, 1.165) is 51.0 Å². The number of nitrogens with zero attached hydrogens (tertiary/aromatic N) is 3. The lowest BCUT2D eigenvalue weighted by molar-refractivity contribution is -0.137. The molecule has 2 fully saturated rings. The standard InChI is InChI=1S/C20H29N3O2/c1-21(2)18-10-8-16(9-11-18)19(24)23-14-6-7-17(15-23)20(25)22-12-4-3-5-13-22/h8-11,17H,3-7,12-15H2,1-2H3. The second-order valence-corrected chi connectivity index (χ2v) is 7.42. The van der Waals surface area contributed by atoms with Crippen LogP contribution in [-0.2, 0) is 4.79 Å². The Kier molecular flexibility index (Phi) is 5.61. The largest absolute Gasteiger partial charge is 0.378 e. The van der Waals surface area contributed by atoms with Crippen LogP contribution in [0.4, 0.5) is 5.69 Å². The fraction of sp³-hybridized carbons (Fsp3) is 0.600. The number of likely N-dealkylation sites (tertiary alicyclic amines) is 2. The van der Waals surface area contributed by atoms with Crippen molar-refractivity contribution in [2.24, 2.45) is 5.92 Å². The normalized spacial score (nSPS) is 21.1. The topological polar surface area (TPSA) is 43.9 Å². The molecule has 1 aromatic carbocycles. The first kappa shape index (κ1) is 17.8. The maximum atomic E-state index is 12.8. The van der Waals surface area contributed by atoms with E-state index >= 15 is 0 Å². The highest BCUT2D eigenvalue weighted by molar-refractivity contribution is 5.95. The molecule has 5 nitrogen and oxygen atoms in total. The highest BCUT2D eigenvalue weighted by Crippen LogP contribution is 2.23. The summed E-state index contributed by atoms with van der Waals surface area (Å²) in [7, 11) is 3.97. The molecule has 1 unspecified atom stereocenters. The van der Waals surface area contributed by atoms with Crippen molar-refractivity contribution in [3.8, 4) is 0 Å². The first-order valence-electron chi connectivity index (χ1n) is 9.41. The van der Waals surface area contributed by atoms with Gasteiger partial charge in [0, 0.05) is 51.5 Å². The molecule has 2 aliphatic rings. The van der Waals surface area contributed by atoms with Gasteiger partial charge in [0.25, 0.3) is 5.91 Å². The lowest BCUT2D eigenvalue weighted by Gasteiger charge is -2.36. The molecule has 25 heavy (non-hydrogen) atoms. The molecular formula is C20H29N3O2. The van der Waals surface area contributed by atoms with Gasteiger partial charge in [0.05, 0.1) is 5.92 Å². The van der Waals surface area contributed by atoms with Gasteiger partial charge >= 0.3 is 0 Å². The lowest BCUT2D eigenvalue weighted by atomic mass is 9.95. The van der Waals surface area contributed by atoms with Crippen molar-refractivity contribution >= 4 is 17.5 Å². The molecule has 0 N–H and O–H groups in total. The summed E-state index contributed by atoms with van der Waals surface area (Å²) in [4.78, 5) is 31.5. The molecule has 1 atom stereocenters. The molecule has 0 aliphatic carbocycles. The van der Waals surface area contributed by atoms with Gasteiger partial charge in [0.1, 0.15) is 0 Å². The molecule has 0 bridgehead atoms. The fourth-order valence-electron chi connectivity index (χ4n) is 3.82. The van der Waals surface area contributed by atoms with Crippen molar-refractivity contribution in [3.05, 3.63) is 29.8 Å². The molecule has 2 saturated heterocycles. The van der Waals surface area contributed by atoms with Crippen LogP contribution in [0.1, 0.15) is 42.5 Å². The Morgan fingerprint density at radius 1 is 0.920 bits per heavy atom. The summed E-state index contributed by atoms with van der Waals surface area (Å²) in [5.41, 5.74) is 1.78. The molecular weight excluding hydrogens is 314 g/mol. The predicted octanol–water partition coefficient (Wildman–Crippen LogP) is 2.62. The number of rotatable bonds is 3. The van der Waals surface area contributed by atoms with Gasteiger partial charge < -0.3 is 14.7 Å². The third kappa shape index (κ3) is 4.14. The summed E-state index contributed by atoms with van der Waals surface area (Å²) < 4.78 is 0. The number of benzene rings is 1. The molecule has 0 saturated carbocycles. The fourth-order valence-corrected chi connectivity index (χ4v) is 3.82. The summed E-state index contributed by atoms with van der Waals surface area (Å²) in [5, 5.41) is 0. The van der Waals surface area contributed by atoms with Crippen molar-refractivity contribution < 1.29 is 9.59 Å². The smallest absolute Gasteiger partial charge is 0.253 e. The van der Waals surface area contributed by atoms with Crippen LogP contribution in [0.25, 0.3) is 0 Å². The van der Waals surface area contributed by atoms with Gasteiger partial charge in [-0.15, -0.1) is 0 Å². The molecule has 136 valence electrons. The second-order valence-electron chi connectivity index (χ2n) is 7.42. The van der Waals surface area contributed by atoms with Gasteiger partial charge in [-0.25, -0.2) is 0 Å². The maximum absolute atomic E-state index is 12.8. The third-order valence-corrected chi connectivity index (χ3v) is 5.36. The van der Waals surface area contributed by atoms with E-state index < -0.39 is 0 Å². The Hall–Kier alpha value is -2.04. The summed E-state index contributed by atoms with van der Waals surface area (Å²) in [6.45, 7) is 3.08. The predicted molar refractivity (Wildman–Crippen MR) is 99.8 cm³/mol. The second kappa shape index (κ2) is 7.89. The van der Waals surface area contributed by atoms with E-state index in [2.05, 4.69) is 0 Å². The summed E-state index contributed by atoms with van der Waals surface area (Å²) >= 11 is 0. The molecule has 3 rings (SSSR count). The molecule has 0 spiro atoms. The van der Waals surface area contributed by atoms with E-state index in [1.165, 1.54) is 6.42 Å². The highest BCUT2D eigenvalue weighted by atomic mass is 16.2. The summed E-state index contributed by atoms with van der Waals surface area (Å²) in [6, 6.07) is 7.70. The van der Waals surface area contributed by atoms with E-state index in [1.807, 2.05) is 53.1 Å². The van der Waals surface area contributed by atoms with Crippen LogP contribution in [-0.4, -0.2) is 61.9 Å². The first-order valence-corrected chi connectivity index (χ1v) is 9.41. The maximum Gasteiger partial charge on any atom is 0.253 e. The average molecular weight is 343 g/mol. The van der Waals surface area contributed by atoms with Crippen LogP contribution in [0.5, 0.6) is 0 Å². The van der Waals surface area contributed by atoms with Crippen LogP contribution in [0.15, 0.2) is 24.3 Å². The highest BCUT2D eigenvalue weighted by Gasteiger charge is 2.32. The molecule has 2 aliphatic heterocycles. The van der Waals surface area contributed by atoms with Crippen molar-refractivity contribution in [2.45, 2.75) is 32.1 Å². The van der Waals surface area contributed by atoms with Crippen molar-refractivity contribution in [1.82, 2.24) is 9.80 Å². The Morgan fingerprint density at radius 3 is 2.20 bits per heavy atom. The monoisotopic (exact) mass is 343 g/mol. The van der Waals surface area contributed by atoms with Gasteiger partial charge in [-0.05, 0) is 56.4 Å². The van der Waals surface area contributed by atoms with Gasteiger partial charge in [-0.1, -0.05) is 0 Å². The Bertz CT molecular complexity index is 606. The lowest BCUT2D eigenvalue weighted by Crippen LogP contribution is -2.47. The SMILES string of the molecule is CN(C)c1ccc(C(=O)N2CCCC(C(=O)N3CCCCC3)C2)cc1. The Labute approximate surface area is 150 Å². The van der Waals surface area contributed by atoms with Gasteiger partial charge in [0.15, 0.2) is 0 Å². The van der Waals surface area contributed by atoms with Crippen LogP contribution in [0, 0.1) is 5.92 Å². The zero-order valence-corrected chi connectivity index (χ0v) is 15.4. The van der Waals surface area contributed by atoms with Crippen molar-refractivity contribution in [2.75, 3.05) is 45.2 Å². The van der Waals surface area contributed by atoms with Crippen LogP contribution in [0.3, 0.4) is 0 Å². The molecule has 2 amide bonds. The average Bonchev–Trinajstić information content (AvgIpc) is 2.67. The van der Waals surface area contributed by atoms with Crippen molar-refractivity contribution in [3.63, 3.8) is 0 Å². The Morgan fingerprint density at radius 2 is 1.56 bits per heavy atom. The zero-order chi connectivity index (χ0) is 17.8. The van der Waals surface area contributed by atoms with Crippen molar-refractivity contribution in [1.29, 1.82) is 0 Å². The minimum absolute atomic E-state index is 0.0307. The van der Waals surface area contributed by atoms with Gasteiger partial charge in [-0.3, -0.25) is 9.59 Å². The molecule has 1 aromatic rings. The van der Waals surface area contributed by atoms with E-state index in [4.69, 9.17) is 0 Å². The van der Waals surface area contributed by atoms with E-state index in [0.29, 0.717) is 12.1 Å². The van der Waals surface area contributed by atoms with Crippen LogP contribution < -0.4 is 4.90 Å². The van der Waals surface area contributed by atoms with E-state index in [1.54, 1.807) is 0 Å². The summed E-state index contributed by atoms with van der Waals surface area (Å²) in [6.07, 6.45) is 5.26. The molecule has 2 heterocycles. The number of piperidine rings is 2. The minimum Gasteiger partial charge on any atom is -0.378 e. The van der Waals surface area contributed by atoms with E-state index in [9.17, 15) is 9.59 Å². The quantitative estimate of drug-likeness (QED) is 0.847.